The van der Waals surface area contributed by atoms with Gasteiger partial charge in [-0.3, -0.25) is 0 Å². The fraction of sp³-hybridized carbons (Fsp3) is 0.333. The van der Waals surface area contributed by atoms with Crippen LogP contribution in [0.2, 0.25) is 0 Å². The maximum Gasteiger partial charge on any atom is 0.101 e. The maximum atomic E-state index is 9.80. The Morgan fingerprint density at radius 2 is 1.73 bits per heavy atom. The van der Waals surface area contributed by atoms with Gasteiger partial charge in [0.2, 0.25) is 0 Å². The maximum absolute atomic E-state index is 9.80. The largest absolute Gasteiger partial charge is 0.512 e. The predicted molar refractivity (Wildman–Crippen MR) is 56.5 cm³/mol. The van der Waals surface area contributed by atoms with Gasteiger partial charge in [0.25, 0.3) is 0 Å². The number of hydrogen-bond donors (Lipinski definition) is 3. The van der Waals surface area contributed by atoms with E-state index in [-0.39, 0.29) is 12.2 Å². The summed E-state index contributed by atoms with van der Waals surface area (Å²) in [4.78, 5) is 0. The lowest BCUT2D eigenvalue weighted by Gasteiger charge is -2.28. The Morgan fingerprint density at radius 1 is 1.07 bits per heavy atom. The Balaban J connectivity index is 2.33. The highest BCUT2D eigenvalue weighted by atomic mass is 16.3. The van der Waals surface area contributed by atoms with Crippen molar-refractivity contribution in [1.29, 1.82) is 0 Å². The average molecular weight is 206 g/mol. The molecule has 15 heavy (non-hydrogen) atoms. The summed E-state index contributed by atoms with van der Waals surface area (Å²) in [6.45, 7) is 0. The number of aliphatic hydroxyl groups is 3. The van der Waals surface area contributed by atoms with Crippen molar-refractivity contribution in [3.8, 4) is 0 Å². The lowest BCUT2D eigenvalue weighted by Crippen LogP contribution is -2.30. The van der Waals surface area contributed by atoms with Crippen molar-refractivity contribution in [2.24, 2.45) is 0 Å². The third kappa shape index (κ3) is 2.03. The molecule has 3 nitrogen and oxygen atoms in total. The molecule has 0 amide bonds. The van der Waals surface area contributed by atoms with Crippen LogP contribution < -0.4 is 0 Å². The molecule has 80 valence electrons. The Morgan fingerprint density at radius 3 is 2.33 bits per heavy atom. The van der Waals surface area contributed by atoms with Crippen LogP contribution in [0.3, 0.4) is 0 Å². The van der Waals surface area contributed by atoms with Crippen molar-refractivity contribution < 1.29 is 15.3 Å². The first-order chi connectivity index (χ1) is 7.18. The molecule has 0 spiro atoms. The zero-order valence-corrected chi connectivity index (χ0v) is 8.24. The topological polar surface area (TPSA) is 60.7 Å². The molecular weight excluding hydrogens is 192 g/mol. The monoisotopic (exact) mass is 206 g/mol. The van der Waals surface area contributed by atoms with E-state index in [4.69, 9.17) is 0 Å². The molecule has 3 unspecified atom stereocenters. The molecule has 0 aromatic heterocycles. The molecule has 1 aromatic carbocycles. The third-order valence-electron chi connectivity index (χ3n) is 2.71. The smallest absolute Gasteiger partial charge is 0.101 e. The second-order valence-corrected chi connectivity index (χ2v) is 3.85. The van der Waals surface area contributed by atoms with Crippen molar-refractivity contribution >= 4 is 0 Å². The van der Waals surface area contributed by atoms with Gasteiger partial charge < -0.3 is 15.3 Å². The van der Waals surface area contributed by atoms with Gasteiger partial charge in [-0.2, -0.15) is 0 Å². The van der Waals surface area contributed by atoms with E-state index in [0.29, 0.717) is 0 Å². The molecule has 1 aromatic rings. The van der Waals surface area contributed by atoms with Gasteiger partial charge >= 0.3 is 0 Å². The summed E-state index contributed by atoms with van der Waals surface area (Å²) < 4.78 is 0. The molecule has 0 saturated heterocycles. The molecule has 1 aliphatic carbocycles. The van der Waals surface area contributed by atoms with E-state index in [2.05, 4.69) is 0 Å². The molecule has 0 radical (unpaired) electrons. The summed E-state index contributed by atoms with van der Waals surface area (Å²) in [7, 11) is 0. The molecule has 0 fully saturated rings. The van der Waals surface area contributed by atoms with Crippen LogP contribution in [0.25, 0.3) is 0 Å². The molecular formula is C12H14O3. The van der Waals surface area contributed by atoms with Crippen LogP contribution in [-0.2, 0) is 0 Å². The predicted octanol–water partition coefficient (Wildman–Crippen LogP) is 1.34. The SMILES string of the molecule is OC1=CC(O)CC(O)C1c1ccccc1. The second kappa shape index (κ2) is 4.04. The normalized spacial score (nSPS) is 31.1. The van der Waals surface area contributed by atoms with Crippen LogP contribution in [0.15, 0.2) is 42.2 Å². The van der Waals surface area contributed by atoms with Gasteiger partial charge in [0, 0.05) is 6.42 Å². The third-order valence-corrected chi connectivity index (χ3v) is 2.71. The van der Waals surface area contributed by atoms with Gasteiger partial charge in [0.15, 0.2) is 0 Å². The number of benzene rings is 1. The van der Waals surface area contributed by atoms with E-state index in [1.807, 2.05) is 30.3 Å². The number of hydrogen-bond acceptors (Lipinski definition) is 3. The van der Waals surface area contributed by atoms with Crippen molar-refractivity contribution in [2.75, 3.05) is 0 Å². The molecule has 3 atom stereocenters. The van der Waals surface area contributed by atoms with E-state index >= 15 is 0 Å². The highest BCUT2D eigenvalue weighted by Gasteiger charge is 2.31. The summed E-state index contributed by atoms with van der Waals surface area (Å²) in [6.07, 6.45) is 0.181. The van der Waals surface area contributed by atoms with E-state index < -0.39 is 18.1 Å². The molecule has 0 saturated carbocycles. The van der Waals surface area contributed by atoms with Gasteiger partial charge in [0.1, 0.15) is 5.76 Å². The first-order valence-electron chi connectivity index (χ1n) is 5.00. The number of rotatable bonds is 1. The molecule has 2 rings (SSSR count). The molecule has 3 heteroatoms. The molecule has 0 aliphatic heterocycles. The Hall–Kier alpha value is -1.32. The van der Waals surface area contributed by atoms with Gasteiger partial charge in [0.05, 0.1) is 18.1 Å². The van der Waals surface area contributed by atoms with E-state index in [1.165, 1.54) is 6.08 Å². The summed E-state index contributed by atoms with van der Waals surface area (Å²) in [6, 6.07) is 9.32. The average Bonchev–Trinajstić information content (AvgIpc) is 2.17. The van der Waals surface area contributed by atoms with Gasteiger partial charge in [-0.05, 0) is 11.6 Å². The Kier molecular flexibility index (Phi) is 2.75. The Bertz CT molecular complexity index is 358. The highest BCUT2D eigenvalue weighted by Crippen LogP contribution is 2.32. The van der Waals surface area contributed by atoms with Gasteiger partial charge in [-0.15, -0.1) is 0 Å². The van der Waals surface area contributed by atoms with Crippen LogP contribution in [0, 0.1) is 0 Å². The molecule has 0 bridgehead atoms. The van der Waals surface area contributed by atoms with Crippen molar-refractivity contribution in [2.45, 2.75) is 24.5 Å². The van der Waals surface area contributed by atoms with Gasteiger partial charge in [-0.25, -0.2) is 0 Å². The minimum atomic E-state index is -0.750. The van der Waals surface area contributed by atoms with Crippen molar-refractivity contribution in [1.82, 2.24) is 0 Å². The first kappa shape index (κ1) is 10.2. The zero-order chi connectivity index (χ0) is 10.8. The zero-order valence-electron chi connectivity index (χ0n) is 8.24. The lowest BCUT2D eigenvalue weighted by molar-refractivity contribution is 0.0639. The summed E-state index contributed by atoms with van der Waals surface area (Å²) >= 11 is 0. The van der Waals surface area contributed by atoms with Crippen LogP contribution in [0.5, 0.6) is 0 Å². The fourth-order valence-corrected chi connectivity index (χ4v) is 2.00. The standard InChI is InChI=1S/C12H14O3/c13-9-6-10(14)12(11(15)7-9)8-4-2-1-3-5-8/h1-6,9,11-15H,7H2. The summed E-state index contributed by atoms with van der Waals surface area (Å²) in [5.74, 6) is -0.359. The fourth-order valence-electron chi connectivity index (χ4n) is 2.00. The minimum Gasteiger partial charge on any atom is -0.512 e. The summed E-state index contributed by atoms with van der Waals surface area (Å²) in [5, 5.41) is 28.8. The molecule has 3 N–H and O–H groups in total. The van der Waals surface area contributed by atoms with E-state index in [9.17, 15) is 15.3 Å². The van der Waals surface area contributed by atoms with Crippen LogP contribution in [-0.4, -0.2) is 27.5 Å². The Labute approximate surface area is 88.3 Å². The van der Waals surface area contributed by atoms with Crippen LogP contribution >= 0.6 is 0 Å². The lowest BCUT2D eigenvalue weighted by atomic mass is 9.84. The quantitative estimate of drug-likeness (QED) is 0.649. The minimum absolute atomic E-state index is 0.0486. The van der Waals surface area contributed by atoms with E-state index in [0.717, 1.165) is 5.56 Å². The summed E-state index contributed by atoms with van der Waals surface area (Å²) in [5.41, 5.74) is 0.866. The number of aliphatic hydroxyl groups excluding tert-OH is 3. The van der Waals surface area contributed by atoms with Crippen LogP contribution in [0.1, 0.15) is 17.9 Å². The highest BCUT2D eigenvalue weighted by molar-refractivity contribution is 5.30. The van der Waals surface area contributed by atoms with Gasteiger partial charge in [-0.1, -0.05) is 30.3 Å². The second-order valence-electron chi connectivity index (χ2n) is 3.85. The first-order valence-corrected chi connectivity index (χ1v) is 5.00. The van der Waals surface area contributed by atoms with Crippen molar-refractivity contribution in [3.05, 3.63) is 47.7 Å². The van der Waals surface area contributed by atoms with Crippen molar-refractivity contribution in [3.63, 3.8) is 0 Å². The molecule has 1 aliphatic rings. The van der Waals surface area contributed by atoms with E-state index in [1.54, 1.807) is 0 Å². The molecule has 0 heterocycles. The van der Waals surface area contributed by atoms with Crippen LogP contribution in [0.4, 0.5) is 0 Å².